The Labute approximate surface area is 250 Å². The van der Waals surface area contributed by atoms with Crippen molar-refractivity contribution in [2.75, 3.05) is 29.4 Å². The maximum Gasteiger partial charge on any atom is 0.274 e. The number of aryl methyl sites for hydroxylation is 2. The van der Waals surface area contributed by atoms with E-state index in [1.165, 1.54) is 15.8 Å². The van der Waals surface area contributed by atoms with Crippen LogP contribution >= 0.6 is 0 Å². The molecule has 1 aliphatic carbocycles. The van der Waals surface area contributed by atoms with Crippen LogP contribution in [0.25, 0.3) is 11.3 Å². The van der Waals surface area contributed by atoms with Gasteiger partial charge in [-0.15, -0.1) is 0 Å². The molecule has 7 rings (SSSR count). The smallest absolute Gasteiger partial charge is 0.274 e. The van der Waals surface area contributed by atoms with E-state index in [-0.39, 0.29) is 18.1 Å². The molecule has 9 heteroatoms. The minimum absolute atomic E-state index is 0.0492. The predicted molar refractivity (Wildman–Crippen MR) is 166 cm³/mol. The Kier molecular flexibility index (Phi) is 6.74. The maximum atomic E-state index is 13.8. The maximum absolute atomic E-state index is 13.8. The van der Waals surface area contributed by atoms with E-state index in [0.717, 1.165) is 49.2 Å². The number of aliphatic hydroxyl groups excluding tert-OH is 1. The van der Waals surface area contributed by atoms with Crippen LogP contribution in [0.15, 0.2) is 59.5 Å². The number of benzene rings is 2. The first-order valence-corrected chi connectivity index (χ1v) is 15.1. The molecule has 2 aromatic heterocycles. The van der Waals surface area contributed by atoms with Crippen LogP contribution in [-0.4, -0.2) is 55.5 Å². The third-order valence-electron chi connectivity index (χ3n) is 9.17. The molecule has 4 aromatic rings. The van der Waals surface area contributed by atoms with Crippen LogP contribution < -0.4 is 15.4 Å². The van der Waals surface area contributed by atoms with E-state index in [9.17, 15) is 19.8 Å². The van der Waals surface area contributed by atoms with Crippen molar-refractivity contribution in [1.29, 1.82) is 0 Å². The van der Waals surface area contributed by atoms with Crippen LogP contribution in [-0.2, 0) is 39.5 Å². The van der Waals surface area contributed by atoms with E-state index < -0.39 is 5.60 Å². The molecule has 9 nitrogen and oxygen atoms in total. The second-order valence-corrected chi connectivity index (χ2v) is 12.5. The van der Waals surface area contributed by atoms with Crippen LogP contribution in [0.3, 0.4) is 0 Å². The lowest BCUT2D eigenvalue weighted by Crippen LogP contribution is -2.60. The summed E-state index contributed by atoms with van der Waals surface area (Å²) in [6, 6.07) is 15.7. The normalized spacial score (nSPS) is 17.4. The Bertz CT molecular complexity index is 1780. The van der Waals surface area contributed by atoms with Crippen molar-refractivity contribution in [2.45, 2.75) is 57.8 Å². The number of aliphatic hydroxyl groups is 2. The minimum atomic E-state index is -0.647. The van der Waals surface area contributed by atoms with Gasteiger partial charge in [0.15, 0.2) is 0 Å². The van der Waals surface area contributed by atoms with Crippen LogP contribution in [0.1, 0.15) is 58.3 Å². The van der Waals surface area contributed by atoms with E-state index in [2.05, 4.69) is 15.5 Å². The highest BCUT2D eigenvalue weighted by atomic mass is 16.3. The fourth-order valence-corrected chi connectivity index (χ4v) is 6.99. The molecule has 222 valence electrons. The molecule has 0 bridgehead atoms. The standard InChI is InChI=1S/C34H37N5O4/c1-34(43)20-37(21-34)24-12-10-22(11-13-24)16-27-32(41)36(2)18-28(35-27)25-7-5-9-30(26(25)19-40)39-15-14-38-29-8-4-3-6-23(29)17-31(38)33(39)42/h5,7,9-13,17-18,40,43H,3-4,6,8,14-16,19-21H2,1-2H3. The monoisotopic (exact) mass is 579 g/mol. The highest BCUT2D eigenvalue weighted by Crippen LogP contribution is 2.35. The molecular formula is C34H37N5O4. The van der Waals surface area contributed by atoms with Gasteiger partial charge in [-0.2, -0.15) is 0 Å². The highest BCUT2D eigenvalue weighted by molar-refractivity contribution is 6.07. The van der Waals surface area contributed by atoms with E-state index >= 15 is 0 Å². The summed E-state index contributed by atoms with van der Waals surface area (Å²) in [7, 11) is 1.71. The van der Waals surface area contributed by atoms with E-state index in [0.29, 0.717) is 54.3 Å². The molecule has 0 saturated carbocycles. The molecule has 43 heavy (non-hydrogen) atoms. The van der Waals surface area contributed by atoms with Crippen molar-refractivity contribution >= 4 is 17.3 Å². The number of rotatable bonds is 6. The fraction of sp³-hybridized carbons (Fsp3) is 0.382. The zero-order valence-corrected chi connectivity index (χ0v) is 24.7. The van der Waals surface area contributed by atoms with Crippen molar-refractivity contribution in [3.05, 3.63) is 98.9 Å². The number of carbonyl (C=O) groups excluding carboxylic acids is 1. The molecule has 2 aliphatic heterocycles. The Morgan fingerprint density at radius 3 is 2.51 bits per heavy atom. The van der Waals surface area contributed by atoms with Gasteiger partial charge in [0.05, 0.1) is 23.6 Å². The van der Waals surface area contributed by atoms with Gasteiger partial charge in [-0.3, -0.25) is 9.59 Å². The third-order valence-corrected chi connectivity index (χ3v) is 9.17. The van der Waals surface area contributed by atoms with Gasteiger partial charge in [0.2, 0.25) is 0 Å². The summed E-state index contributed by atoms with van der Waals surface area (Å²) in [4.78, 5) is 35.6. The van der Waals surface area contributed by atoms with E-state index in [1.807, 2.05) is 49.4 Å². The average molecular weight is 580 g/mol. The molecule has 2 aromatic carbocycles. The Morgan fingerprint density at radius 1 is 1.00 bits per heavy atom. The van der Waals surface area contributed by atoms with Gasteiger partial charge in [-0.05, 0) is 68.0 Å². The molecule has 1 amide bonds. The zero-order chi connectivity index (χ0) is 29.9. The SMILES string of the molecule is Cn1cc(-c2cccc(N3CCn4c(cc5c4CCCC5)C3=O)c2CO)nc(Cc2ccc(N3CC(C)(O)C3)cc2)c1=O. The lowest BCUT2D eigenvalue weighted by Gasteiger charge is -2.45. The lowest BCUT2D eigenvalue weighted by molar-refractivity contribution is 0.0310. The van der Waals surface area contributed by atoms with Crippen molar-refractivity contribution < 1.29 is 15.0 Å². The van der Waals surface area contributed by atoms with Gasteiger partial charge < -0.3 is 29.1 Å². The second kappa shape index (κ2) is 10.5. The van der Waals surface area contributed by atoms with Crippen LogP contribution in [0, 0.1) is 0 Å². The number of nitrogens with zero attached hydrogens (tertiary/aromatic N) is 5. The molecule has 3 aliphatic rings. The summed E-state index contributed by atoms with van der Waals surface area (Å²) in [6.45, 7) is 4.02. The molecule has 0 unspecified atom stereocenters. The molecule has 4 heterocycles. The van der Waals surface area contributed by atoms with Crippen LogP contribution in [0.5, 0.6) is 0 Å². The van der Waals surface area contributed by atoms with E-state index in [1.54, 1.807) is 18.1 Å². The quantitative estimate of drug-likeness (QED) is 0.363. The Hall–Kier alpha value is -4.21. The van der Waals surface area contributed by atoms with Crippen molar-refractivity contribution in [2.24, 2.45) is 7.05 Å². The van der Waals surface area contributed by atoms with Gasteiger partial charge in [0, 0.05) is 68.4 Å². The largest absolute Gasteiger partial charge is 0.392 e. The topological polar surface area (TPSA) is 104 Å². The molecule has 1 fully saturated rings. The molecule has 1 saturated heterocycles. The number of carbonyl (C=O) groups is 1. The number of amides is 1. The predicted octanol–water partition coefficient (Wildman–Crippen LogP) is 3.44. The van der Waals surface area contributed by atoms with E-state index in [4.69, 9.17) is 4.98 Å². The van der Waals surface area contributed by atoms with Gasteiger partial charge in [-0.1, -0.05) is 24.3 Å². The zero-order valence-electron chi connectivity index (χ0n) is 24.7. The summed E-state index contributed by atoms with van der Waals surface area (Å²) in [5.41, 5.74) is 7.46. The number of aromatic nitrogens is 3. The van der Waals surface area contributed by atoms with Crippen molar-refractivity contribution in [3.63, 3.8) is 0 Å². The van der Waals surface area contributed by atoms with Crippen LogP contribution in [0.4, 0.5) is 11.4 Å². The van der Waals surface area contributed by atoms with Gasteiger partial charge in [0.25, 0.3) is 11.5 Å². The fourth-order valence-electron chi connectivity index (χ4n) is 6.99. The summed E-state index contributed by atoms with van der Waals surface area (Å²) in [5, 5.41) is 20.7. The summed E-state index contributed by atoms with van der Waals surface area (Å²) >= 11 is 0. The van der Waals surface area contributed by atoms with Gasteiger partial charge >= 0.3 is 0 Å². The molecule has 0 spiro atoms. The number of anilines is 2. The van der Waals surface area contributed by atoms with Gasteiger partial charge in [0.1, 0.15) is 11.4 Å². The summed E-state index contributed by atoms with van der Waals surface area (Å²) in [6.07, 6.45) is 6.42. The molecule has 2 N–H and O–H groups in total. The lowest BCUT2D eigenvalue weighted by atomic mass is 9.96. The minimum Gasteiger partial charge on any atom is -0.392 e. The highest BCUT2D eigenvalue weighted by Gasteiger charge is 2.36. The first kappa shape index (κ1) is 27.6. The average Bonchev–Trinajstić information content (AvgIpc) is 3.38. The number of hydrogen-bond acceptors (Lipinski definition) is 6. The summed E-state index contributed by atoms with van der Waals surface area (Å²) in [5.74, 6) is -0.0492. The number of fused-ring (bicyclic) bond motifs is 3. The Morgan fingerprint density at radius 2 is 1.77 bits per heavy atom. The third kappa shape index (κ3) is 4.86. The summed E-state index contributed by atoms with van der Waals surface area (Å²) < 4.78 is 3.72. The molecule has 0 radical (unpaired) electrons. The van der Waals surface area contributed by atoms with Crippen LogP contribution in [0.2, 0.25) is 0 Å². The van der Waals surface area contributed by atoms with Crippen molar-refractivity contribution in [3.8, 4) is 11.3 Å². The van der Waals surface area contributed by atoms with Gasteiger partial charge in [-0.25, -0.2) is 4.98 Å². The second-order valence-electron chi connectivity index (χ2n) is 12.5. The first-order valence-electron chi connectivity index (χ1n) is 15.1. The number of β-amino-alcohol motifs (C(OH)–C–C–N with tert-alkyl or cyclic N) is 1. The molecular weight excluding hydrogens is 542 g/mol. The Balaban J connectivity index is 1.19. The number of hydrogen-bond donors (Lipinski definition) is 2. The first-order chi connectivity index (χ1) is 20.7. The molecule has 0 atom stereocenters. The van der Waals surface area contributed by atoms with Crippen molar-refractivity contribution in [1.82, 2.24) is 14.1 Å².